The number of carbonyl (C=O) groups is 2. The number of sulfonamides is 1. The third kappa shape index (κ3) is 5.64. The van der Waals surface area contributed by atoms with Crippen LogP contribution in [0.3, 0.4) is 0 Å². The zero-order valence-electron chi connectivity index (χ0n) is 15.8. The fraction of sp³-hybridized carbons (Fsp3) is 0.167. The predicted octanol–water partition coefficient (Wildman–Crippen LogP) is 1.61. The lowest BCUT2D eigenvalue weighted by atomic mass is 10.3. The van der Waals surface area contributed by atoms with E-state index in [1.54, 1.807) is 4.68 Å². The van der Waals surface area contributed by atoms with Gasteiger partial charge in [-0.3, -0.25) is 9.59 Å². The molecule has 3 rings (SSSR count). The lowest BCUT2D eigenvalue weighted by Gasteiger charge is -2.08. The van der Waals surface area contributed by atoms with E-state index in [9.17, 15) is 18.0 Å². The van der Waals surface area contributed by atoms with Gasteiger partial charge in [-0.2, -0.15) is 4.68 Å². The lowest BCUT2D eigenvalue weighted by Crippen LogP contribution is -2.28. The maximum atomic E-state index is 12.2. The van der Waals surface area contributed by atoms with Gasteiger partial charge < -0.3 is 5.32 Å². The molecule has 0 saturated carbocycles. The second-order valence-electron chi connectivity index (χ2n) is 6.04. The highest BCUT2D eigenvalue weighted by molar-refractivity contribution is 7.99. The van der Waals surface area contributed by atoms with Crippen molar-refractivity contribution in [1.82, 2.24) is 24.9 Å². The first-order valence-corrected chi connectivity index (χ1v) is 11.2. The van der Waals surface area contributed by atoms with Crippen LogP contribution in [0.15, 0.2) is 64.6 Å². The van der Waals surface area contributed by atoms with E-state index in [1.807, 2.05) is 35.1 Å². The van der Waals surface area contributed by atoms with Crippen molar-refractivity contribution < 1.29 is 18.0 Å². The maximum Gasteiger partial charge on any atom is 0.264 e. The van der Waals surface area contributed by atoms with Crippen LogP contribution < -0.4 is 10.0 Å². The number of rotatable bonds is 8. The summed E-state index contributed by atoms with van der Waals surface area (Å²) in [5, 5.41) is 14.9. The number of para-hydroxylation sites is 1. The Morgan fingerprint density at radius 3 is 2.43 bits per heavy atom. The first kappa shape index (κ1) is 21.5. The Hall–Kier alpha value is -3.25. The van der Waals surface area contributed by atoms with Gasteiger partial charge in [0.1, 0.15) is 0 Å². The summed E-state index contributed by atoms with van der Waals surface area (Å²) in [5.41, 5.74) is 1.27. The zero-order valence-corrected chi connectivity index (χ0v) is 17.5. The van der Waals surface area contributed by atoms with Gasteiger partial charge in [-0.15, -0.1) is 5.10 Å². The van der Waals surface area contributed by atoms with Crippen molar-refractivity contribution in [3.63, 3.8) is 0 Å². The van der Waals surface area contributed by atoms with Crippen LogP contribution in [-0.4, -0.2) is 46.2 Å². The number of hydrogen-bond donors (Lipinski definition) is 2. The van der Waals surface area contributed by atoms with E-state index in [1.165, 1.54) is 36.0 Å². The number of thioether (sulfide) groups is 1. The van der Waals surface area contributed by atoms with E-state index in [-0.39, 0.29) is 17.2 Å². The van der Waals surface area contributed by atoms with Gasteiger partial charge in [0.05, 0.1) is 10.6 Å². The van der Waals surface area contributed by atoms with Crippen LogP contribution in [0.25, 0.3) is 5.69 Å². The molecule has 3 aromatic rings. The average molecular weight is 447 g/mol. The highest BCUT2D eigenvalue weighted by atomic mass is 32.2. The largest absolute Gasteiger partial charge is 0.326 e. The van der Waals surface area contributed by atoms with Crippen molar-refractivity contribution >= 4 is 39.3 Å². The molecular formula is C18H18N6O4S2. The molecule has 12 heteroatoms. The Balaban J connectivity index is 1.52. The molecule has 10 nitrogen and oxygen atoms in total. The SMILES string of the molecule is CC(=O)NS(=O)(=O)c1ccc(NC(=O)CCSc2nnnn2-c2ccccc2)cc1. The first-order chi connectivity index (χ1) is 14.3. The molecule has 0 spiro atoms. The molecule has 0 saturated heterocycles. The van der Waals surface area contributed by atoms with E-state index in [0.717, 1.165) is 12.6 Å². The minimum atomic E-state index is -3.91. The molecule has 30 heavy (non-hydrogen) atoms. The van der Waals surface area contributed by atoms with Crippen molar-refractivity contribution in [2.24, 2.45) is 0 Å². The molecule has 156 valence electrons. The molecular weight excluding hydrogens is 428 g/mol. The third-order valence-electron chi connectivity index (χ3n) is 3.73. The Bertz CT molecular complexity index is 1130. The summed E-state index contributed by atoms with van der Waals surface area (Å²) >= 11 is 1.35. The second kappa shape index (κ2) is 9.50. The molecule has 0 aliphatic heterocycles. The van der Waals surface area contributed by atoms with Crippen molar-refractivity contribution in [3.8, 4) is 5.69 Å². The Morgan fingerprint density at radius 1 is 1.07 bits per heavy atom. The standard InChI is InChI=1S/C18H18N6O4S2/c1-13(25)21-30(27,28)16-9-7-14(8-10-16)19-17(26)11-12-29-18-20-22-23-24(18)15-5-3-2-4-6-15/h2-10H,11-12H2,1H3,(H,19,26)(H,21,25). The summed E-state index contributed by atoms with van der Waals surface area (Å²) in [4.78, 5) is 23.1. The van der Waals surface area contributed by atoms with Crippen molar-refractivity contribution in [2.45, 2.75) is 23.4 Å². The molecule has 2 amide bonds. The summed E-state index contributed by atoms with van der Waals surface area (Å²) in [6, 6.07) is 14.9. The second-order valence-corrected chi connectivity index (χ2v) is 8.79. The van der Waals surface area contributed by atoms with Crippen LogP contribution in [0.5, 0.6) is 0 Å². The summed E-state index contributed by atoms with van der Waals surface area (Å²) in [6.07, 6.45) is 0.207. The summed E-state index contributed by atoms with van der Waals surface area (Å²) in [6.45, 7) is 1.11. The monoisotopic (exact) mass is 446 g/mol. The topological polar surface area (TPSA) is 136 Å². The number of nitrogens with one attached hydrogen (secondary N) is 2. The van der Waals surface area contributed by atoms with Crippen LogP contribution in [0.1, 0.15) is 13.3 Å². The molecule has 1 heterocycles. The van der Waals surface area contributed by atoms with Crippen molar-refractivity contribution in [1.29, 1.82) is 0 Å². The fourth-order valence-electron chi connectivity index (χ4n) is 2.42. The highest BCUT2D eigenvalue weighted by Gasteiger charge is 2.15. The minimum Gasteiger partial charge on any atom is -0.326 e. The van der Waals surface area contributed by atoms with E-state index in [0.29, 0.717) is 16.6 Å². The van der Waals surface area contributed by atoms with Crippen LogP contribution in [-0.2, 0) is 19.6 Å². The molecule has 0 radical (unpaired) electrons. The highest BCUT2D eigenvalue weighted by Crippen LogP contribution is 2.19. The van der Waals surface area contributed by atoms with Crippen LogP contribution in [0.2, 0.25) is 0 Å². The summed E-state index contributed by atoms with van der Waals surface area (Å²) in [7, 11) is -3.91. The van der Waals surface area contributed by atoms with Gasteiger partial charge in [0.2, 0.25) is 17.0 Å². The number of anilines is 1. The number of hydrogen-bond acceptors (Lipinski definition) is 8. The molecule has 0 aliphatic carbocycles. The third-order valence-corrected chi connectivity index (χ3v) is 6.10. The van der Waals surface area contributed by atoms with E-state index < -0.39 is 15.9 Å². The molecule has 0 fully saturated rings. The zero-order chi connectivity index (χ0) is 21.6. The number of nitrogens with zero attached hydrogens (tertiary/aromatic N) is 4. The Labute approximate surface area is 177 Å². The van der Waals surface area contributed by atoms with Crippen molar-refractivity contribution in [2.75, 3.05) is 11.1 Å². The number of carbonyl (C=O) groups excluding carboxylic acids is 2. The molecule has 0 aliphatic rings. The number of amides is 2. The van der Waals surface area contributed by atoms with Crippen LogP contribution in [0.4, 0.5) is 5.69 Å². The summed E-state index contributed by atoms with van der Waals surface area (Å²) < 4.78 is 27.3. The molecule has 1 aromatic heterocycles. The van der Waals surface area contributed by atoms with Gasteiger partial charge >= 0.3 is 0 Å². The first-order valence-electron chi connectivity index (χ1n) is 8.75. The van der Waals surface area contributed by atoms with Gasteiger partial charge in [-0.25, -0.2) is 13.1 Å². The van der Waals surface area contributed by atoms with Gasteiger partial charge in [0, 0.05) is 24.8 Å². The Kier molecular flexibility index (Phi) is 6.79. The van der Waals surface area contributed by atoms with Crippen molar-refractivity contribution in [3.05, 3.63) is 54.6 Å². The normalized spacial score (nSPS) is 11.1. The van der Waals surface area contributed by atoms with Gasteiger partial charge in [-0.1, -0.05) is 30.0 Å². The summed E-state index contributed by atoms with van der Waals surface area (Å²) in [5.74, 6) is -0.463. The molecule has 2 aromatic carbocycles. The molecule has 0 bridgehead atoms. The lowest BCUT2D eigenvalue weighted by molar-refractivity contribution is -0.117. The smallest absolute Gasteiger partial charge is 0.264 e. The number of tetrazole rings is 1. The Morgan fingerprint density at radius 2 is 1.77 bits per heavy atom. The average Bonchev–Trinajstić information content (AvgIpc) is 3.16. The van der Waals surface area contributed by atoms with Gasteiger partial charge in [-0.05, 0) is 46.8 Å². The quantitative estimate of drug-likeness (QED) is 0.498. The van der Waals surface area contributed by atoms with Gasteiger partial charge in [0.25, 0.3) is 10.0 Å². The molecule has 2 N–H and O–H groups in total. The maximum absolute atomic E-state index is 12.2. The van der Waals surface area contributed by atoms with E-state index >= 15 is 0 Å². The van der Waals surface area contributed by atoms with E-state index in [4.69, 9.17) is 0 Å². The molecule has 0 atom stereocenters. The predicted molar refractivity (Wildman–Crippen MR) is 111 cm³/mol. The van der Waals surface area contributed by atoms with Crippen LogP contribution >= 0.6 is 11.8 Å². The number of benzene rings is 2. The van der Waals surface area contributed by atoms with E-state index in [2.05, 4.69) is 20.8 Å². The van der Waals surface area contributed by atoms with Gasteiger partial charge in [0.15, 0.2) is 0 Å². The van der Waals surface area contributed by atoms with Crippen LogP contribution in [0, 0.1) is 0 Å². The fourth-order valence-corrected chi connectivity index (χ4v) is 4.24. The molecule has 0 unspecified atom stereocenters. The minimum absolute atomic E-state index is 0.0704. The number of aromatic nitrogens is 4.